The molecule has 0 radical (unpaired) electrons. The summed E-state index contributed by atoms with van der Waals surface area (Å²) in [6.07, 6.45) is 14.2. The lowest BCUT2D eigenvalue weighted by Gasteiger charge is -2.22. The van der Waals surface area contributed by atoms with Crippen LogP contribution in [0.25, 0.3) is 6.08 Å². The SMILES string of the molecule is CCCCCCCC1=NN2C(=N)/C(=C/c3cc([N+](=O)[O-])ccc3OCCOc3ccc(C4CCCCC4)cc3)C(=O)N=C2S1. The summed E-state index contributed by atoms with van der Waals surface area (Å²) in [6, 6.07) is 12.4. The molecule has 2 aromatic carbocycles. The second-order valence-corrected chi connectivity index (χ2v) is 12.3. The van der Waals surface area contributed by atoms with E-state index in [-0.39, 0.29) is 30.3 Å². The van der Waals surface area contributed by atoms with E-state index in [0.717, 1.165) is 30.1 Å². The zero-order valence-electron chi connectivity index (χ0n) is 25.1. The zero-order chi connectivity index (χ0) is 30.9. The molecular weight excluding hydrogens is 578 g/mol. The Morgan fingerprint density at radius 2 is 1.80 bits per heavy atom. The van der Waals surface area contributed by atoms with Crippen molar-refractivity contribution < 1.29 is 19.2 Å². The van der Waals surface area contributed by atoms with Gasteiger partial charge < -0.3 is 9.47 Å². The molecule has 232 valence electrons. The highest BCUT2D eigenvalue weighted by atomic mass is 32.2. The standard InChI is InChI=1S/C33H39N5O5S/c1-2-3-4-5-9-12-30-36-37-31(34)28(32(39)35-33(37)44-30)22-25-21-26(38(40)41)15-18-29(25)43-20-19-42-27-16-13-24(14-17-27)23-10-7-6-8-11-23/h13-18,21-23,34H,2-12,19-20H2,1H3/b28-22-,34-31?. The summed E-state index contributed by atoms with van der Waals surface area (Å²) >= 11 is 1.31. The first-order valence-electron chi connectivity index (χ1n) is 15.6. The summed E-state index contributed by atoms with van der Waals surface area (Å²) < 4.78 is 11.8. The number of nitrogens with zero attached hydrogens (tertiary/aromatic N) is 4. The van der Waals surface area contributed by atoms with E-state index in [4.69, 9.17) is 14.9 Å². The minimum Gasteiger partial charge on any atom is -0.490 e. The maximum absolute atomic E-state index is 13.0. The third kappa shape index (κ3) is 7.93. The number of aliphatic imine (C=N–C) groups is 1. The minimum absolute atomic E-state index is 0.0121. The molecule has 1 aliphatic carbocycles. The summed E-state index contributed by atoms with van der Waals surface area (Å²) in [4.78, 5) is 28.2. The molecule has 0 atom stereocenters. The van der Waals surface area contributed by atoms with Crippen LogP contribution in [-0.2, 0) is 4.79 Å². The third-order valence-electron chi connectivity index (χ3n) is 8.06. The second kappa shape index (κ2) is 15.1. The van der Waals surface area contributed by atoms with Crippen molar-refractivity contribution in [2.24, 2.45) is 10.1 Å². The monoisotopic (exact) mass is 617 g/mol. The molecule has 5 rings (SSSR count). The second-order valence-electron chi connectivity index (χ2n) is 11.3. The lowest BCUT2D eigenvalue weighted by atomic mass is 9.84. The fraction of sp³-hybridized carbons (Fsp3) is 0.455. The predicted molar refractivity (Wildman–Crippen MR) is 175 cm³/mol. The summed E-state index contributed by atoms with van der Waals surface area (Å²) in [7, 11) is 0. The van der Waals surface area contributed by atoms with Gasteiger partial charge in [-0.2, -0.15) is 15.1 Å². The van der Waals surface area contributed by atoms with Crippen LogP contribution >= 0.6 is 11.8 Å². The number of non-ortho nitro benzene ring substituents is 1. The highest BCUT2D eigenvalue weighted by Gasteiger charge is 2.35. The highest BCUT2D eigenvalue weighted by molar-refractivity contribution is 8.26. The number of amidine groups is 2. The van der Waals surface area contributed by atoms with E-state index in [2.05, 4.69) is 29.2 Å². The predicted octanol–water partition coefficient (Wildman–Crippen LogP) is 8.08. The Bertz CT molecular complexity index is 1460. The molecule has 1 saturated carbocycles. The molecular formula is C33H39N5O5S. The number of fused-ring (bicyclic) bond motifs is 1. The first-order valence-corrected chi connectivity index (χ1v) is 16.4. The number of nitro groups is 1. The van der Waals surface area contributed by atoms with Gasteiger partial charge in [0, 0.05) is 17.7 Å². The van der Waals surface area contributed by atoms with Crippen molar-refractivity contribution >= 4 is 45.5 Å². The Labute approximate surface area is 262 Å². The van der Waals surface area contributed by atoms with Gasteiger partial charge in [-0.15, -0.1) is 0 Å². The number of carbonyl (C=O) groups is 1. The average Bonchev–Trinajstić information content (AvgIpc) is 3.45. The van der Waals surface area contributed by atoms with Crippen LogP contribution < -0.4 is 9.47 Å². The Balaban J connectivity index is 1.23. The number of nitrogens with one attached hydrogen (secondary N) is 1. The minimum atomic E-state index is -0.592. The maximum Gasteiger partial charge on any atom is 0.283 e. The normalized spacial score (nSPS) is 17.8. The van der Waals surface area contributed by atoms with E-state index >= 15 is 0 Å². The maximum atomic E-state index is 13.0. The van der Waals surface area contributed by atoms with Crippen LogP contribution in [0.4, 0.5) is 5.69 Å². The van der Waals surface area contributed by atoms with Crippen LogP contribution in [0.2, 0.25) is 0 Å². The van der Waals surface area contributed by atoms with E-state index in [0.29, 0.717) is 22.4 Å². The number of benzene rings is 2. The van der Waals surface area contributed by atoms with Crippen molar-refractivity contribution in [2.75, 3.05) is 13.2 Å². The van der Waals surface area contributed by atoms with Crippen LogP contribution in [0.5, 0.6) is 11.5 Å². The van der Waals surface area contributed by atoms with Crippen LogP contribution in [-0.4, -0.2) is 45.1 Å². The van der Waals surface area contributed by atoms with E-state index in [1.165, 1.54) is 98.0 Å². The van der Waals surface area contributed by atoms with Crippen LogP contribution in [0.15, 0.2) is 58.1 Å². The summed E-state index contributed by atoms with van der Waals surface area (Å²) in [5.41, 5.74) is 1.49. The first-order chi connectivity index (χ1) is 21.4. The Morgan fingerprint density at radius 1 is 1.05 bits per heavy atom. The Hall–Kier alpha value is -3.99. The van der Waals surface area contributed by atoms with E-state index in [1.807, 2.05) is 12.1 Å². The number of hydrogen-bond donors (Lipinski definition) is 1. The van der Waals surface area contributed by atoms with E-state index in [1.54, 1.807) is 0 Å². The van der Waals surface area contributed by atoms with Crippen LogP contribution in [0.1, 0.15) is 94.6 Å². The smallest absolute Gasteiger partial charge is 0.283 e. The van der Waals surface area contributed by atoms with Gasteiger partial charge in [-0.25, -0.2) is 0 Å². The van der Waals surface area contributed by atoms with Crippen molar-refractivity contribution in [3.8, 4) is 11.5 Å². The van der Waals surface area contributed by atoms with Gasteiger partial charge >= 0.3 is 0 Å². The number of nitro benzene ring substituents is 1. The van der Waals surface area contributed by atoms with Crippen LogP contribution in [0, 0.1) is 15.5 Å². The number of carbonyl (C=O) groups excluding carboxylic acids is 1. The lowest BCUT2D eigenvalue weighted by Crippen LogP contribution is -2.35. The molecule has 0 bridgehead atoms. The molecule has 1 fully saturated rings. The van der Waals surface area contributed by atoms with Gasteiger partial charge in [0.2, 0.25) is 5.17 Å². The molecule has 0 saturated heterocycles. The quantitative estimate of drug-likeness (QED) is 0.0981. The number of amides is 1. The van der Waals surface area contributed by atoms with E-state index < -0.39 is 10.8 Å². The third-order valence-corrected chi connectivity index (χ3v) is 9.03. The first kappa shape index (κ1) is 31.4. The Morgan fingerprint density at radius 3 is 2.55 bits per heavy atom. The topological polar surface area (TPSA) is 130 Å². The zero-order valence-corrected chi connectivity index (χ0v) is 25.9. The van der Waals surface area contributed by atoms with E-state index in [9.17, 15) is 14.9 Å². The van der Waals surface area contributed by atoms with Crippen molar-refractivity contribution in [2.45, 2.75) is 83.5 Å². The van der Waals surface area contributed by atoms with Gasteiger partial charge in [-0.05, 0) is 73.2 Å². The lowest BCUT2D eigenvalue weighted by molar-refractivity contribution is -0.384. The van der Waals surface area contributed by atoms with Gasteiger partial charge in [0.15, 0.2) is 5.84 Å². The van der Waals surface area contributed by atoms with Gasteiger partial charge in [0.05, 0.1) is 10.5 Å². The number of unbranched alkanes of at least 4 members (excludes halogenated alkanes) is 4. The van der Waals surface area contributed by atoms with Gasteiger partial charge in [0.25, 0.3) is 11.6 Å². The molecule has 0 unspecified atom stereocenters. The van der Waals surface area contributed by atoms with Crippen LogP contribution in [0.3, 0.4) is 0 Å². The van der Waals surface area contributed by atoms with Crippen molar-refractivity contribution in [3.63, 3.8) is 0 Å². The van der Waals surface area contributed by atoms with Crippen molar-refractivity contribution in [1.29, 1.82) is 5.41 Å². The molecule has 0 aromatic heterocycles. The summed E-state index contributed by atoms with van der Waals surface area (Å²) in [5, 5.41) is 27.3. The fourth-order valence-corrected chi connectivity index (χ4v) is 6.57. The molecule has 11 heteroatoms. The number of rotatable bonds is 14. The molecule has 2 heterocycles. The fourth-order valence-electron chi connectivity index (χ4n) is 5.64. The molecule has 2 aromatic rings. The number of ether oxygens (including phenoxy) is 2. The van der Waals surface area contributed by atoms with Crippen molar-refractivity contribution in [1.82, 2.24) is 5.01 Å². The highest BCUT2D eigenvalue weighted by Crippen LogP contribution is 2.34. The molecule has 0 spiro atoms. The largest absolute Gasteiger partial charge is 0.490 e. The van der Waals surface area contributed by atoms with Gasteiger partial charge in [0.1, 0.15) is 29.8 Å². The molecule has 1 N–H and O–H groups in total. The summed E-state index contributed by atoms with van der Waals surface area (Å²) in [6.45, 7) is 2.62. The Kier molecular flexibility index (Phi) is 10.8. The summed E-state index contributed by atoms with van der Waals surface area (Å²) in [5.74, 6) is 1.00. The number of hydrazone groups is 1. The van der Waals surface area contributed by atoms with Gasteiger partial charge in [-0.3, -0.25) is 20.3 Å². The molecule has 44 heavy (non-hydrogen) atoms. The molecule has 1 amide bonds. The molecule has 2 aliphatic heterocycles. The molecule has 3 aliphatic rings. The number of hydrogen-bond acceptors (Lipinski definition) is 8. The van der Waals surface area contributed by atoms with Gasteiger partial charge in [-0.1, -0.05) is 64.0 Å². The molecule has 10 nitrogen and oxygen atoms in total. The average molecular weight is 618 g/mol. The number of thioether (sulfide) groups is 1. The van der Waals surface area contributed by atoms with Crippen molar-refractivity contribution in [3.05, 3.63) is 69.3 Å².